The number of thiophene rings is 1. The predicted molar refractivity (Wildman–Crippen MR) is 85.5 cm³/mol. The maximum absolute atomic E-state index is 11.8. The molecule has 0 spiro atoms. The number of hydrogen-bond acceptors (Lipinski definition) is 4. The molecule has 1 aromatic carbocycles. The van der Waals surface area contributed by atoms with E-state index in [2.05, 4.69) is 5.32 Å². The van der Waals surface area contributed by atoms with Gasteiger partial charge in [0.25, 0.3) is 0 Å². The zero-order valence-corrected chi connectivity index (χ0v) is 13.1. The third-order valence-electron chi connectivity index (χ3n) is 3.49. The Labute approximate surface area is 128 Å². The van der Waals surface area contributed by atoms with Gasteiger partial charge >= 0.3 is 0 Å². The smallest absolute Gasteiger partial charge is 0.237 e. The lowest BCUT2D eigenvalue weighted by Gasteiger charge is -2.27. The lowest BCUT2D eigenvalue weighted by molar-refractivity contribution is -0.123. The van der Waals surface area contributed by atoms with Gasteiger partial charge in [0, 0.05) is 11.4 Å². The Morgan fingerprint density at radius 2 is 2.05 bits per heavy atom. The van der Waals surface area contributed by atoms with Gasteiger partial charge in [-0.1, -0.05) is 18.2 Å². The highest BCUT2D eigenvalue weighted by atomic mass is 32.1. The normalized spacial score (nSPS) is 13.6. The fourth-order valence-corrected chi connectivity index (χ4v) is 2.73. The Morgan fingerprint density at radius 3 is 2.57 bits per heavy atom. The molecule has 2 rings (SSSR count). The molecule has 0 fully saturated rings. The Morgan fingerprint density at radius 1 is 1.33 bits per heavy atom. The number of benzene rings is 1. The Bertz CT molecular complexity index is 581. The van der Waals surface area contributed by atoms with E-state index < -0.39 is 5.54 Å². The number of ether oxygens (including phenoxy) is 1. The molecule has 0 saturated heterocycles. The number of amides is 1. The van der Waals surface area contributed by atoms with E-state index >= 15 is 0 Å². The summed E-state index contributed by atoms with van der Waals surface area (Å²) >= 11 is 1.66. The van der Waals surface area contributed by atoms with Gasteiger partial charge in [0.05, 0.1) is 12.6 Å². The maximum atomic E-state index is 11.8. The SMILES string of the molecule is COc1ccc(CC(C)(NCc2cccs2)C(N)=O)cc1. The average molecular weight is 304 g/mol. The van der Waals surface area contributed by atoms with Crippen LogP contribution in [0.2, 0.25) is 0 Å². The van der Waals surface area contributed by atoms with Crippen molar-refractivity contribution in [1.82, 2.24) is 5.32 Å². The Balaban J connectivity index is 2.07. The van der Waals surface area contributed by atoms with E-state index in [1.54, 1.807) is 18.4 Å². The molecule has 0 aliphatic heterocycles. The maximum Gasteiger partial charge on any atom is 0.237 e. The summed E-state index contributed by atoms with van der Waals surface area (Å²) in [6.45, 7) is 2.47. The molecule has 4 nitrogen and oxygen atoms in total. The van der Waals surface area contributed by atoms with Crippen LogP contribution in [0.1, 0.15) is 17.4 Å². The number of rotatable bonds is 7. The first-order valence-electron chi connectivity index (χ1n) is 6.74. The van der Waals surface area contributed by atoms with E-state index in [4.69, 9.17) is 10.5 Å². The predicted octanol–water partition coefficient (Wildman–Crippen LogP) is 2.33. The lowest BCUT2D eigenvalue weighted by Crippen LogP contribution is -2.54. The summed E-state index contributed by atoms with van der Waals surface area (Å²) in [4.78, 5) is 13.0. The number of carbonyl (C=O) groups excluding carboxylic acids is 1. The second-order valence-electron chi connectivity index (χ2n) is 5.15. The lowest BCUT2D eigenvalue weighted by atomic mass is 9.92. The minimum absolute atomic E-state index is 0.352. The van der Waals surface area contributed by atoms with Crippen LogP contribution in [-0.4, -0.2) is 18.6 Å². The topological polar surface area (TPSA) is 64.3 Å². The van der Waals surface area contributed by atoms with Gasteiger partial charge in [-0.15, -0.1) is 11.3 Å². The molecule has 1 unspecified atom stereocenters. The van der Waals surface area contributed by atoms with E-state index in [0.717, 1.165) is 11.3 Å². The van der Waals surface area contributed by atoms with Crippen LogP contribution in [0.5, 0.6) is 5.75 Å². The third-order valence-corrected chi connectivity index (χ3v) is 4.37. The minimum Gasteiger partial charge on any atom is -0.497 e. The number of nitrogens with two attached hydrogens (primary N) is 1. The highest BCUT2D eigenvalue weighted by Crippen LogP contribution is 2.18. The van der Waals surface area contributed by atoms with Crippen LogP contribution >= 0.6 is 11.3 Å². The van der Waals surface area contributed by atoms with Crippen molar-refractivity contribution in [3.63, 3.8) is 0 Å². The number of hydrogen-bond donors (Lipinski definition) is 2. The van der Waals surface area contributed by atoms with Crippen LogP contribution in [0.15, 0.2) is 41.8 Å². The molecule has 112 valence electrons. The molecular weight excluding hydrogens is 284 g/mol. The van der Waals surface area contributed by atoms with Crippen LogP contribution < -0.4 is 15.8 Å². The number of nitrogens with one attached hydrogen (secondary N) is 1. The molecule has 0 aliphatic rings. The molecule has 0 aliphatic carbocycles. The quantitative estimate of drug-likeness (QED) is 0.825. The summed E-state index contributed by atoms with van der Waals surface area (Å²) in [6.07, 6.45) is 0.539. The van der Waals surface area contributed by atoms with Gasteiger partial charge in [-0.2, -0.15) is 0 Å². The second kappa shape index (κ2) is 6.74. The first kappa shape index (κ1) is 15.5. The minimum atomic E-state index is -0.779. The van der Waals surface area contributed by atoms with Crippen molar-refractivity contribution in [2.75, 3.05) is 7.11 Å². The molecule has 2 aromatic rings. The molecular formula is C16H20N2O2S. The molecule has 21 heavy (non-hydrogen) atoms. The van der Waals surface area contributed by atoms with Crippen LogP contribution in [0.3, 0.4) is 0 Å². The molecule has 1 aromatic heterocycles. The summed E-state index contributed by atoms with van der Waals surface area (Å²) in [5.74, 6) is 0.445. The van der Waals surface area contributed by atoms with E-state index in [9.17, 15) is 4.79 Å². The van der Waals surface area contributed by atoms with Gasteiger partial charge in [-0.25, -0.2) is 0 Å². The zero-order valence-electron chi connectivity index (χ0n) is 12.3. The summed E-state index contributed by atoms with van der Waals surface area (Å²) in [6, 6.07) is 11.7. The third kappa shape index (κ3) is 4.06. The van der Waals surface area contributed by atoms with Crippen molar-refractivity contribution >= 4 is 17.2 Å². The van der Waals surface area contributed by atoms with Gasteiger partial charge in [0.2, 0.25) is 5.91 Å². The van der Waals surface area contributed by atoms with Gasteiger partial charge < -0.3 is 10.5 Å². The van der Waals surface area contributed by atoms with Crippen molar-refractivity contribution < 1.29 is 9.53 Å². The van der Waals surface area contributed by atoms with Gasteiger partial charge in [0.1, 0.15) is 5.75 Å². The number of primary amides is 1. The standard InChI is InChI=1S/C16H20N2O2S/c1-16(15(17)19,18-11-14-4-3-9-21-14)10-12-5-7-13(20-2)8-6-12/h3-9,18H,10-11H2,1-2H3,(H2,17,19). The Kier molecular flexibility index (Phi) is 4.98. The summed E-state index contributed by atoms with van der Waals surface area (Å²) in [7, 11) is 1.63. The van der Waals surface area contributed by atoms with Crippen molar-refractivity contribution in [1.29, 1.82) is 0 Å². The van der Waals surface area contributed by atoms with Gasteiger partial charge in [0.15, 0.2) is 0 Å². The molecule has 0 saturated carbocycles. The summed E-state index contributed by atoms with van der Waals surface area (Å²) in [5.41, 5.74) is 5.85. The van der Waals surface area contributed by atoms with Crippen molar-refractivity contribution in [2.24, 2.45) is 5.73 Å². The van der Waals surface area contributed by atoms with Crippen LogP contribution in [-0.2, 0) is 17.8 Å². The van der Waals surface area contributed by atoms with E-state index in [1.807, 2.05) is 48.7 Å². The largest absolute Gasteiger partial charge is 0.497 e. The molecule has 1 atom stereocenters. The highest BCUT2D eigenvalue weighted by Gasteiger charge is 2.30. The summed E-state index contributed by atoms with van der Waals surface area (Å²) < 4.78 is 5.14. The molecule has 0 bridgehead atoms. The van der Waals surface area contributed by atoms with E-state index in [-0.39, 0.29) is 5.91 Å². The fraction of sp³-hybridized carbons (Fsp3) is 0.312. The van der Waals surface area contributed by atoms with Crippen molar-refractivity contribution in [3.8, 4) is 5.75 Å². The van der Waals surface area contributed by atoms with E-state index in [1.165, 1.54) is 4.88 Å². The molecule has 3 N–H and O–H groups in total. The molecule has 1 amide bonds. The monoisotopic (exact) mass is 304 g/mol. The van der Waals surface area contributed by atoms with Crippen molar-refractivity contribution in [2.45, 2.75) is 25.4 Å². The van der Waals surface area contributed by atoms with Crippen LogP contribution in [0.25, 0.3) is 0 Å². The Hall–Kier alpha value is -1.85. The molecule has 0 radical (unpaired) electrons. The van der Waals surface area contributed by atoms with Crippen LogP contribution in [0.4, 0.5) is 0 Å². The van der Waals surface area contributed by atoms with Gasteiger partial charge in [-0.3, -0.25) is 10.1 Å². The van der Waals surface area contributed by atoms with Crippen molar-refractivity contribution in [3.05, 3.63) is 52.2 Å². The first-order valence-corrected chi connectivity index (χ1v) is 7.62. The summed E-state index contributed by atoms with van der Waals surface area (Å²) in [5, 5.41) is 5.30. The highest BCUT2D eigenvalue weighted by molar-refractivity contribution is 7.09. The van der Waals surface area contributed by atoms with Crippen LogP contribution in [0, 0.1) is 0 Å². The van der Waals surface area contributed by atoms with Gasteiger partial charge in [-0.05, 0) is 42.5 Å². The second-order valence-corrected chi connectivity index (χ2v) is 6.19. The average Bonchev–Trinajstić information content (AvgIpc) is 2.99. The fourth-order valence-electron chi connectivity index (χ4n) is 2.08. The zero-order chi connectivity index (χ0) is 15.3. The number of carbonyl (C=O) groups is 1. The first-order chi connectivity index (χ1) is 10.0. The van der Waals surface area contributed by atoms with E-state index in [0.29, 0.717) is 13.0 Å². The molecule has 1 heterocycles. The number of methoxy groups -OCH3 is 1. The molecule has 5 heteroatoms.